The molecule has 0 radical (unpaired) electrons. The first kappa shape index (κ1) is 12.0. The van der Waals surface area contributed by atoms with Crippen LogP contribution in [-0.2, 0) is 6.54 Å². The first-order chi connectivity index (χ1) is 8.20. The van der Waals surface area contributed by atoms with Gasteiger partial charge in [-0.2, -0.15) is 0 Å². The average Bonchev–Trinajstić information content (AvgIpc) is 2.76. The molecule has 0 fully saturated rings. The van der Waals surface area contributed by atoms with E-state index in [4.69, 9.17) is 11.6 Å². The summed E-state index contributed by atoms with van der Waals surface area (Å²) < 4.78 is 1.77. The Kier molecular flexibility index (Phi) is 3.71. The normalized spacial score (nSPS) is 12.6. The molecule has 0 aliphatic carbocycles. The van der Waals surface area contributed by atoms with Crippen molar-refractivity contribution in [2.75, 3.05) is 7.05 Å². The number of halogens is 1. The second-order valence-electron chi connectivity index (χ2n) is 3.84. The molecule has 2 aromatic rings. The second kappa shape index (κ2) is 5.25. The van der Waals surface area contributed by atoms with Crippen molar-refractivity contribution in [1.29, 1.82) is 0 Å². The van der Waals surface area contributed by atoms with E-state index in [1.54, 1.807) is 4.68 Å². The number of rotatable bonds is 4. The predicted octanol–water partition coefficient (Wildman–Crippen LogP) is 1.66. The van der Waals surface area contributed by atoms with Crippen LogP contribution in [0, 0.1) is 0 Å². The average molecular weight is 252 g/mol. The summed E-state index contributed by atoms with van der Waals surface area (Å²) in [5.41, 5.74) is 1.08. The Morgan fingerprint density at radius 1 is 1.47 bits per heavy atom. The predicted molar refractivity (Wildman–Crippen MR) is 65.8 cm³/mol. The molecular formula is C11H14ClN5. The van der Waals surface area contributed by atoms with Crippen LogP contribution in [0.15, 0.2) is 24.3 Å². The number of hydrogen-bond donors (Lipinski definition) is 1. The maximum Gasteiger partial charge on any atom is 0.168 e. The van der Waals surface area contributed by atoms with E-state index in [1.165, 1.54) is 0 Å². The van der Waals surface area contributed by atoms with Gasteiger partial charge in [-0.15, -0.1) is 5.10 Å². The number of nitrogens with one attached hydrogen (secondary N) is 1. The summed E-state index contributed by atoms with van der Waals surface area (Å²) >= 11 is 5.94. The van der Waals surface area contributed by atoms with Crippen molar-refractivity contribution < 1.29 is 0 Å². The van der Waals surface area contributed by atoms with Gasteiger partial charge in [0.1, 0.15) is 0 Å². The summed E-state index contributed by atoms with van der Waals surface area (Å²) in [6.45, 7) is 2.63. The second-order valence-corrected chi connectivity index (χ2v) is 4.27. The van der Waals surface area contributed by atoms with Gasteiger partial charge >= 0.3 is 0 Å². The van der Waals surface area contributed by atoms with Crippen molar-refractivity contribution in [3.05, 3.63) is 40.7 Å². The SMILES string of the molecule is CNC(C)c1nnnn1Cc1cccc(Cl)c1. The molecule has 1 unspecified atom stereocenters. The molecule has 0 aliphatic rings. The lowest BCUT2D eigenvalue weighted by atomic mass is 10.2. The van der Waals surface area contributed by atoms with Gasteiger partial charge in [0.25, 0.3) is 0 Å². The Morgan fingerprint density at radius 3 is 3.00 bits per heavy atom. The maximum absolute atomic E-state index is 5.94. The zero-order valence-corrected chi connectivity index (χ0v) is 10.5. The highest BCUT2D eigenvalue weighted by atomic mass is 35.5. The summed E-state index contributed by atoms with van der Waals surface area (Å²) in [7, 11) is 1.88. The van der Waals surface area contributed by atoms with Crippen LogP contribution in [0.5, 0.6) is 0 Å². The van der Waals surface area contributed by atoms with Crippen molar-refractivity contribution in [2.24, 2.45) is 0 Å². The lowest BCUT2D eigenvalue weighted by Crippen LogP contribution is -2.19. The van der Waals surface area contributed by atoms with Crippen molar-refractivity contribution in [3.8, 4) is 0 Å². The van der Waals surface area contributed by atoms with Gasteiger partial charge in [0, 0.05) is 5.02 Å². The number of tetrazole rings is 1. The van der Waals surface area contributed by atoms with Crippen molar-refractivity contribution in [3.63, 3.8) is 0 Å². The van der Waals surface area contributed by atoms with Gasteiger partial charge in [0.05, 0.1) is 12.6 Å². The molecule has 1 aromatic heterocycles. The topological polar surface area (TPSA) is 55.6 Å². The molecule has 17 heavy (non-hydrogen) atoms. The Labute approximate surface area is 105 Å². The van der Waals surface area contributed by atoms with Crippen LogP contribution in [0.3, 0.4) is 0 Å². The Balaban J connectivity index is 2.22. The Hall–Kier alpha value is -1.46. The van der Waals surface area contributed by atoms with E-state index in [2.05, 4.69) is 20.8 Å². The third kappa shape index (κ3) is 2.81. The van der Waals surface area contributed by atoms with Gasteiger partial charge < -0.3 is 5.32 Å². The highest BCUT2D eigenvalue weighted by Gasteiger charge is 2.12. The molecular weight excluding hydrogens is 238 g/mol. The van der Waals surface area contributed by atoms with E-state index in [9.17, 15) is 0 Å². The molecule has 0 aliphatic heterocycles. The number of nitrogens with zero attached hydrogens (tertiary/aromatic N) is 4. The van der Waals surface area contributed by atoms with Gasteiger partial charge in [-0.1, -0.05) is 23.7 Å². The molecule has 1 N–H and O–H groups in total. The monoisotopic (exact) mass is 251 g/mol. The van der Waals surface area contributed by atoms with Crippen molar-refractivity contribution in [2.45, 2.75) is 19.5 Å². The standard InChI is InChI=1S/C11H14ClN5/c1-8(13-2)11-14-15-16-17(11)7-9-4-3-5-10(12)6-9/h3-6,8,13H,7H2,1-2H3. The molecule has 1 aromatic carbocycles. The van der Waals surface area contributed by atoms with Crippen LogP contribution >= 0.6 is 11.6 Å². The largest absolute Gasteiger partial charge is 0.311 e. The lowest BCUT2D eigenvalue weighted by molar-refractivity contribution is 0.540. The number of benzene rings is 1. The molecule has 0 bridgehead atoms. The zero-order chi connectivity index (χ0) is 12.3. The molecule has 1 heterocycles. The minimum absolute atomic E-state index is 0.115. The van der Waals surface area contributed by atoms with Gasteiger partial charge in [-0.05, 0) is 42.1 Å². The Morgan fingerprint density at radius 2 is 2.29 bits per heavy atom. The fourth-order valence-electron chi connectivity index (χ4n) is 1.57. The smallest absolute Gasteiger partial charge is 0.168 e. The van der Waals surface area contributed by atoms with Crippen LogP contribution in [0.25, 0.3) is 0 Å². The fraction of sp³-hybridized carbons (Fsp3) is 0.364. The minimum Gasteiger partial charge on any atom is -0.311 e. The molecule has 6 heteroatoms. The zero-order valence-electron chi connectivity index (χ0n) is 9.76. The fourth-order valence-corrected chi connectivity index (χ4v) is 1.78. The van der Waals surface area contributed by atoms with E-state index < -0.39 is 0 Å². The highest BCUT2D eigenvalue weighted by molar-refractivity contribution is 6.30. The summed E-state index contributed by atoms with van der Waals surface area (Å²) in [5.74, 6) is 0.812. The highest BCUT2D eigenvalue weighted by Crippen LogP contribution is 2.13. The minimum atomic E-state index is 0.115. The molecule has 90 valence electrons. The van der Waals surface area contributed by atoms with Gasteiger partial charge in [-0.3, -0.25) is 0 Å². The van der Waals surface area contributed by atoms with E-state index in [0.717, 1.165) is 16.4 Å². The first-order valence-electron chi connectivity index (χ1n) is 5.38. The van der Waals surface area contributed by atoms with Crippen molar-refractivity contribution in [1.82, 2.24) is 25.5 Å². The molecule has 5 nitrogen and oxygen atoms in total. The maximum atomic E-state index is 5.94. The van der Waals surface area contributed by atoms with E-state index >= 15 is 0 Å². The van der Waals surface area contributed by atoms with Crippen LogP contribution in [-0.4, -0.2) is 27.3 Å². The van der Waals surface area contributed by atoms with Gasteiger partial charge in [0.15, 0.2) is 5.82 Å². The molecule has 0 amide bonds. The van der Waals surface area contributed by atoms with Crippen LogP contribution < -0.4 is 5.32 Å². The van der Waals surface area contributed by atoms with E-state index in [1.807, 2.05) is 38.2 Å². The molecule has 0 saturated carbocycles. The summed E-state index contributed by atoms with van der Waals surface area (Å²) in [4.78, 5) is 0. The number of aromatic nitrogens is 4. The summed E-state index contributed by atoms with van der Waals surface area (Å²) in [5, 5.41) is 15.5. The quantitative estimate of drug-likeness (QED) is 0.898. The van der Waals surface area contributed by atoms with E-state index in [-0.39, 0.29) is 6.04 Å². The van der Waals surface area contributed by atoms with E-state index in [0.29, 0.717) is 6.54 Å². The number of hydrogen-bond acceptors (Lipinski definition) is 4. The molecule has 0 saturated heterocycles. The summed E-state index contributed by atoms with van der Waals surface area (Å²) in [6, 6.07) is 7.80. The molecule has 1 atom stereocenters. The lowest BCUT2D eigenvalue weighted by Gasteiger charge is -2.10. The third-order valence-electron chi connectivity index (χ3n) is 2.60. The van der Waals surface area contributed by atoms with Crippen molar-refractivity contribution >= 4 is 11.6 Å². The van der Waals surface area contributed by atoms with Gasteiger partial charge in [-0.25, -0.2) is 4.68 Å². The molecule has 0 spiro atoms. The van der Waals surface area contributed by atoms with Crippen LogP contribution in [0.4, 0.5) is 0 Å². The Bertz CT molecular complexity index is 496. The summed E-state index contributed by atoms with van der Waals surface area (Å²) in [6.07, 6.45) is 0. The van der Waals surface area contributed by atoms with Gasteiger partial charge in [0.2, 0.25) is 0 Å². The van der Waals surface area contributed by atoms with Crippen LogP contribution in [0.2, 0.25) is 5.02 Å². The molecule has 2 rings (SSSR count). The van der Waals surface area contributed by atoms with Crippen LogP contribution in [0.1, 0.15) is 24.4 Å². The first-order valence-corrected chi connectivity index (χ1v) is 5.76. The third-order valence-corrected chi connectivity index (χ3v) is 2.84.